The number of halogens is 1. The molecule has 0 aliphatic carbocycles. The van der Waals surface area contributed by atoms with Crippen LogP contribution in [0.2, 0.25) is 5.02 Å². The Hall–Kier alpha value is -2.34. The van der Waals surface area contributed by atoms with E-state index < -0.39 is 10.4 Å². The average Bonchev–Trinajstić information content (AvgIpc) is 3.46. The number of nitrogens with zero attached hydrogens (tertiary/aromatic N) is 6. The fraction of sp³-hybridized carbons (Fsp3) is 0.565. The summed E-state index contributed by atoms with van der Waals surface area (Å²) in [4.78, 5) is 28.7. The van der Waals surface area contributed by atoms with Crippen molar-refractivity contribution in [3.05, 3.63) is 40.9 Å². The van der Waals surface area contributed by atoms with E-state index in [0.717, 1.165) is 11.6 Å². The molecule has 4 heterocycles. The molecule has 12 heteroatoms. The number of fused-ring (bicyclic) bond motifs is 1. The average molecular weight is 521 g/mol. The number of carbonyl (C=O) groups is 2. The Morgan fingerprint density at radius 3 is 2.31 bits per heavy atom. The molecule has 1 aromatic carbocycles. The molecule has 10 nitrogen and oxygen atoms in total. The second-order valence-corrected chi connectivity index (χ2v) is 11.7. The maximum absolute atomic E-state index is 13.4. The highest BCUT2D eigenvalue weighted by Gasteiger charge is 2.41. The molecule has 2 atom stereocenters. The first-order valence-electron chi connectivity index (χ1n) is 12.0. The van der Waals surface area contributed by atoms with E-state index in [1.807, 2.05) is 9.47 Å². The van der Waals surface area contributed by atoms with E-state index in [9.17, 15) is 18.4 Å². The van der Waals surface area contributed by atoms with Crippen molar-refractivity contribution in [2.24, 2.45) is 0 Å². The summed E-state index contributed by atoms with van der Waals surface area (Å²) in [7, 11) is -3.68. The number of carbonyl (C=O) groups excluding carboxylic acids is 2. The molecule has 0 spiro atoms. The van der Waals surface area contributed by atoms with Gasteiger partial charge in [0, 0.05) is 58.5 Å². The van der Waals surface area contributed by atoms with Gasteiger partial charge in [-0.25, -0.2) is 0 Å². The van der Waals surface area contributed by atoms with Crippen LogP contribution in [0.1, 0.15) is 49.8 Å². The zero-order valence-corrected chi connectivity index (χ0v) is 21.2. The highest BCUT2D eigenvalue weighted by molar-refractivity contribution is 7.95. The molecule has 3 aliphatic rings. The van der Waals surface area contributed by atoms with Crippen LogP contribution in [0, 0.1) is 0 Å². The van der Waals surface area contributed by atoms with Crippen LogP contribution in [0.5, 0.6) is 0 Å². The number of rotatable bonds is 4. The van der Waals surface area contributed by atoms with Gasteiger partial charge in [0.1, 0.15) is 17.7 Å². The molecular formula is C23H29ClN6O4S. The van der Waals surface area contributed by atoms with Crippen LogP contribution in [0.3, 0.4) is 0 Å². The second-order valence-electron chi connectivity index (χ2n) is 9.34. The van der Waals surface area contributed by atoms with Gasteiger partial charge in [-0.2, -0.15) is 0 Å². The minimum Gasteiger partial charge on any atom is -0.593 e. The molecule has 3 aliphatic heterocycles. The van der Waals surface area contributed by atoms with E-state index >= 15 is 0 Å². The Balaban J connectivity index is 1.27. The van der Waals surface area contributed by atoms with Gasteiger partial charge in [0.05, 0.1) is 5.02 Å². The third-order valence-electron chi connectivity index (χ3n) is 7.34. The lowest BCUT2D eigenvalue weighted by Crippen LogP contribution is -2.51. The summed E-state index contributed by atoms with van der Waals surface area (Å²) in [6.45, 7) is 4.41. The van der Waals surface area contributed by atoms with E-state index in [0.29, 0.717) is 65.0 Å². The monoisotopic (exact) mass is 520 g/mol. The van der Waals surface area contributed by atoms with Crippen molar-refractivity contribution >= 4 is 33.8 Å². The van der Waals surface area contributed by atoms with Gasteiger partial charge in [-0.05, 0) is 31.4 Å². The lowest BCUT2D eigenvalue weighted by molar-refractivity contribution is -0.140. The van der Waals surface area contributed by atoms with Gasteiger partial charge in [-0.3, -0.25) is 9.59 Å². The largest absolute Gasteiger partial charge is 0.593 e. The molecule has 2 amide bonds. The van der Waals surface area contributed by atoms with Gasteiger partial charge in [-0.1, -0.05) is 27.9 Å². The zero-order valence-electron chi connectivity index (χ0n) is 19.6. The minimum absolute atomic E-state index is 0.0249. The number of hydrogen-bond acceptors (Lipinski definition) is 6. The van der Waals surface area contributed by atoms with Crippen molar-refractivity contribution in [1.82, 2.24) is 28.9 Å². The van der Waals surface area contributed by atoms with E-state index in [2.05, 4.69) is 10.2 Å². The van der Waals surface area contributed by atoms with Gasteiger partial charge in [-0.15, -0.1) is 14.5 Å². The van der Waals surface area contributed by atoms with Crippen molar-refractivity contribution in [2.45, 2.75) is 49.5 Å². The zero-order chi connectivity index (χ0) is 24.7. The predicted molar refractivity (Wildman–Crippen MR) is 128 cm³/mol. The van der Waals surface area contributed by atoms with Crippen molar-refractivity contribution in [2.75, 3.05) is 39.3 Å². The summed E-state index contributed by atoms with van der Waals surface area (Å²) in [5.74, 6) is 1.69. The first-order chi connectivity index (χ1) is 16.8. The van der Waals surface area contributed by atoms with Gasteiger partial charge >= 0.3 is 0 Å². The lowest BCUT2D eigenvalue weighted by atomic mass is 9.97. The van der Waals surface area contributed by atoms with Crippen molar-refractivity contribution in [1.29, 1.82) is 0 Å². The van der Waals surface area contributed by atoms with Crippen LogP contribution in [-0.2, 0) is 30.6 Å². The molecule has 0 saturated carbocycles. The lowest BCUT2D eigenvalue weighted by Gasteiger charge is -2.36. The highest BCUT2D eigenvalue weighted by atomic mass is 35.5. The van der Waals surface area contributed by atoms with Crippen molar-refractivity contribution in [3.63, 3.8) is 0 Å². The Morgan fingerprint density at radius 1 is 1.00 bits per heavy atom. The molecule has 0 bridgehead atoms. The van der Waals surface area contributed by atoms with Crippen LogP contribution in [0.15, 0.2) is 29.2 Å². The summed E-state index contributed by atoms with van der Waals surface area (Å²) >= 11 is 6.15. The Bertz CT molecular complexity index is 1170. The maximum Gasteiger partial charge on any atom is 0.245 e. The molecule has 188 valence electrons. The third-order valence-corrected chi connectivity index (χ3v) is 9.74. The fourth-order valence-corrected chi connectivity index (χ4v) is 7.32. The number of piperazine rings is 1. The Labute approximate surface area is 210 Å². The summed E-state index contributed by atoms with van der Waals surface area (Å²) < 4.78 is 29.7. The molecule has 2 aromatic rings. The highest BCUT2D eigenvalue weighted by Crippen LogP contribution is 2.37. The molecule has 0 radical (unpaired) electrons. The minimum atomic E-state index is -3.68. The number of sulfonamides is 1. The Kier molecular flexibility index (Phi) is 6.69. The molecular weight excluding hydrogens is 492 g/mol. The quantitative estimate of drug-likeness (QED) is 0.569. The van der Waals surface area contributed by atoms with Crippen molar-refractivity contribution in [3.8, 4) is 0 Å². The molecule has 2 fully saturated rings. The molecule has 0 N–H and O–H groups in total. The first kappa shape index (κ1) is 24.4. The van der Waals surface area contributed by atoms with Crippen LogP contribution < -0.4 is 0 Å². The van der Waals surface area contributed by atoms with Gasteiger partial charge in [0.2, 0.25) is 11.8 Å². The van der Waals surface area contributed by atoms with Gasteiger partial charge in [0.15, 0.2) is 15.3 Å². The third kappa shape index (κ3) is 4.50. The van der Waals surface area contributed by atoms with E-state index in [1.165, 1.54) is 10.4 Å². The van der Waals surface area contributed by atoms with Crippen molar-refractivity contribution < 1.29 is 18.4 Å². The number of hydrogen-bond donors (Lipinski definition) is 0. The smallest absolute Gasteiger partial charge is 0.245 e. The SMILES string of the molecule is CC(=O)N1CCN(C(=O)C2CCc3nnc(C4CCN([S+](=O)([O-])c5ccccc5Cl)CC4)n32)CC1. The topological polar surface area (TPSA) is 115 Å². The van der Waals surface area contributed by atoms with E-state index in [4.69, 9.17) is 11.6 Å². The molecule has 2 unspecified atom stereocenters. The summed E-state index contributed by atoms with van der Waals surface area (Å²) in [5.41, 5.74) is 0. The normalized spacial score (nSPS) is 23.2. The van der Waals surface area contributed by atoms with Crippen LogP contribution >= 0.6 is 11.6 Å². The maximum atomic E-state index is 13.4. The van der Waals surface area contributed by atoms with Gasteiger partial charge in [0.25, 0.3) is 0 Å². The first-order valence-corrected chi connectivity index (χ1v) is 13.8. The van der Waals surface area contributed by atoms with Crippen LogP contribution in [0.4, 0.5) is 0 Å². The molecule has 35 heavy (non-hydrogen) atoms. The second kappa shape index (κ2) is 9.61. The summed E-state index contributed by atoms with van der Waals surface area (Å²) in [5, 5.41) is 9.00. The molecule has 2 saturated heterocycles. The summed E-state index contributed by atoms with van der Waals surface area (Å²) in [6.07, 6.45) is 2.57. The number of benzene rings is 1. The van der Waals surface area contributed by atoms with Crippen LogP contribution in [0.25, 0.3) is 0 Å². The fourth-order valence-electron chi connectivity index (χ4n) is 5.35. The van der Waals surface area contributed by atoms with Crippen LogP contribution in [-0.4, -0.2) is 84.5 Å². The van der Waals surface area contributed by atoms with E-state index in [1.54, 1.807) is 30.0 Å². The van der Waals surface area contributed by atoms with E-state index in [-0.39, 0.29) is 33.7 Å². The Morgan fingerprint density at radius 2 is 1.66 bits per heavy atom. The number of amides is 2. The standard InChI is InChI=1S/C23H29ClN6O4S/c1-16(31)27-12-14-28(15-13-27)23(32)19-6-7-21-25-26-22(30(19)21)17-8-10-29(11-9-17)35(33,34)20-5-3-2-4-18(20)24/h2-5,17,19H,6-15H2,1H3. The molecule has 1 aromatic heterocycles. The number of piperidine rings is 1. The molecule has 5 rings (SSSR count). The number of aromatic nitrogens is 3. The predicted octanol–water partition coefficient (Wildman–Crippen LogP) is 1.89. The van der Waals surface area contributed by atoms with Gasteiger partial charge < -0.3 is 18.9 Å². The number of aryl methyl sites for hydroxylation is 1. The summed E-state index contributed by atoms with van der Waals surface area (Å²) in [6, 6.07) is 6.14.